The van der Waals surface area contributed by atoms with Crippen molar-refractivity contribution in [1.29, 1.82) is 0 Å². The van der Waals surface area contributed by atoms with E-state index >= 15 is 0 Å². The third-order valence-corrected chi connectivity index (χ3v) is 7.26. The molecule has 172 valence electrons. The van der Waals surface area contributed by atoms with Crippen molar-refractivity contribution in [3.05, 3.63) is 51.1 Å². The molecule has 0 saturated carbocycles. The fraction of sp³-hybridized carbons (Fsp3) is 0.211. The van der Waals surface area contributed by atoms with Gasteiger partial charge in [-0.1, -0.05) is 11.2 Å². The fourth-order valence-electron chi connectivity index (χ4n) is 3.17. The van der Waals surface area contributed by atoms with Gasteiger partial charge in [0.1, 0.15) is 35.2 Å². The summed E-state index contributed by atoms with van der Waals surface area (Å²) in [6, 6.07) is 3.91. The number of aromatic nitrogens is 1. The van der Waals surface area contributed by atoms with Crippen LogP contribution in [0.4, 0.5) is 5.13 Å². The lowest BCUT2D eigenvalue weighted by Gasteiger charge is -2.48. The van der Waals surface area contributed by atoms with Gasteiger partial charge in [-0.3, -0.25) is 14.5 Å². The second-order valence-corrected chi connectivity index (χ2v) is 9.74. The Morgan fingerprint density at radius 1 is 1.42 bits per heavy atom. The van der Waals surface area contributed by atoms with Crippen molar-refractivity contribution in [2.45, 2.75) is 18.0 Å². The van der Waals surface area contributed by atoms with E-state index in [9.17, 15) is 24.6 Å². The fourth-order valence-corrected chi connectivity index (χ4v) is 5.16. The number of benzene rings is 1. The average molecular weight is 554 g/mol. The van der Waals surface area contributed by atoms with Gasteiger partial charge < -0.3 is 26.1 Å². The molecule has 0 aliphatic carbocycles. The first kappa shape index (κ1) is 23.1. The van der Waals surface area contributed by atoms with Crippen LogP contribution in [0, 0.1) is 0 Å². The van der Waals surface area contributed by atoms with E-state index in [4.69, 9.17) is 10.6 Å². The monoisotopic (exact) mass is 553 g/mol. The van der Waals surface area contributed by atoms with Crippen LogP contribution in [0.1, 0.15) is 11.3 Å². The summed E-state index contributed by atoms with van der Waals surface area (Å²) < 4.78 is 0.522. The number of thiazole rings is 1. The van der Waals surface area contributed by atoms with Gasteiger partial charge in [0.2, 0.25) is 0 Å². The highest BCUT2D eigenvalue weighted by molar-refractivity contribution is 9.10. The molecule has 2 amide bonds. The van der Waals surface area contributed by atoms with Gasteiger partial charge in [-0.25, -0.2) is 9.78 Å². The van der Waals surface area contributed by atoms with E-state index in [0.717, 1.165) is 16.2 Å². The zero-order valence-corrected chi connectivity index (χ0v) is 19.8. The molecule has 1 aromatic heterocycles. The molecule has 4 rings (SSSR count). The number of nitrogens with one attached hydrogen (secondary N) is 1. The lowest BCUT2D eigenvalue weighted by molar-refractivity contribution is -0.150. The summed E-state index contributed by atoms with van der Waals surface area (Å²) in [7, 11) is 0. The highest BCUT2D eigenvalue weighted by atomic mass is 79.9. The van der Waals surface area contributed by atoms with Crippen LogP contribution in [0.15, 0.2) is 45.0 Å². The van der Waals surface area contributed by atoms with E-state index in [2.05, 4.69) is 31.4 Å². The predicted molar refractivity (Wildman–Crippen MR) is 124 cm³/mol. The van der Waals surface area contributed by atoms with Crippen molar-refractivity contribution in [1.82, 2.24) is 15.2 Å². The van der Waals surface area contributed by atoms with Gasteiger partial charge in [0.15, 0.2) is 10.8 Å². The molecule has 0 radical (unpaired) electrons. The molecule has 1 fully saturated rings. The number of phenolic OH excluding ortho intramolecular Hbond substituents is 1. The van der Waals surface area contributed by atoms with Gasteiger partial charge in [-0.15, -0.1) is 23.1 Å². The number of fused-ring (bicyclic) bond motifs is 1. The minimum absolute atomic E-state index is 0.0260. The molecule has 0 spiro atoms. The maximum Gasteiger partial charge on any atom is 0.352 e. The van der Waals surface area contributed by atoms with Gasteiger partial charge >= 0.3 is 5.97 Å². The van der Waals surface area contributed by atoms with Crippen molar-refractivity contribution < 1.29 is 29.4 Å². The molecule has 0 bridgehead atoms. The van der Waals surface area contributed by atoms with Gasteiger partial charge in [0, 0.05) is 11.1 Å². The highest BCUT2D eigenvalue weighted by Crippen LogP contribution is 2.37. The molecule has 11 nitrogen and oxygen atoms in total. The number of aliphatic carboxylic acids is 1. The van der Waals surface area contributed by atoms with E-state index < -0.39 is 29.2 Å². The number of anilines is 1. The average Bonchev–Trinajstić information content (AvgIpc) is 3.22. The zero-order chi connectivity index (χ0) is 23.7. The molecular formula is C19H16BrN5O6S2. The zero-order valence-electron chi connectivity index (χ0n) is 16.6. The van der Waals surface area contributed by atoms with E-state index in [1.165, 1.54) is 29.3 Å². The third kappa shape index (κ3) is 4.67. The van der Waals surface area contributed by atoms with E-state index in [0.29, 0.717) is 15.8 Å². The van der Waals surface area contributed by atoms with Gasteiger partial charge in [-0.05, 0) is 39.7 Å². The summed E-state index contributed by atoms with van der Waals surface area (Å²) in [5.74, 6) is -2.03. The summed E-state index contributed by atoms with van der Waals surface area (Å²) in [6.07, 6.45) is 1.46. The molecule has 14 heteroatoms. The van der Waals surface area contributed by atoms with Gasteiger partial charge in [-0.2, -0.15) is 0 Å². The van der Waals surface area contributed by atoms with E-state index in [1.54, 1.807) is 12.1 Å². The number of carbonyl (C=O) groups is 3. The molecule has 1 saturated heterocycles. The summed E-state index contributed by atoms with van der Waals surface area (Å²) in [4.78, 5) is 47.4. The second-order valence-electron chi connectivity index (χ2n) is 6.85. The first-order valence-corrected chi connectivity index (χ1v) is 12.1. The van der Waals surface area contributed by atoms with Crippen LogP contribution in [0.2, 0.25) is 0 Å². The summed E-state index contributed by atoms with van der Waals surface area (Å²) in [5, 5.41) is 26.8. The Morgan fingerprint density at radius 3 is 2.88 bits per heavy atom. The number of hydrogen-bond acceptors (Lipinski definition) is 10. The van der Waals surface area contributed by atoms with Crippen LogP contribution in [-0.2, 0) is 25.8 Å². The molecular weight excluding hydrogens is 538 g/mol. The number of carbonyl (C=O) groups excluding carboxylic acids is 2. The Balaban J connectivity index is 1.49. The van der Waals surface area contributed by atoms with Crippen LogP contribution < -0.4 is 11.1 Å². The molecule has 1 unspecified atom stereocenters. The number of nitrogen functional groups attached to an aromatic ring is 1. The number of hydrogen-bond donors (Lipinski definition) is 4. The van der Waals surface area contributed by atoms with Gasteiger partial charge in [0.25, 0.3) is 11.8 Å². The molecule has 2 atom stereocenters. The number of thioether (sulfide) groups is 1. The minimum Gasteiger partial charge on any atom is -0.507 e. The number of aromatic hydroxyl groups is 1. The molecule has 33 heavy (non-hydrogen) atoms. The van der Waals surface area contributed by atoms with Crippen LogP contribution >= 0.6 is 39.0 Å². The largest absolute Gasteiger partial charge is 0.507 e. The van der Waals surface area contributed by atoms with Crippen molar-refractivity contribution in [3.63, 3.8) is 0 Å². The number of rotatable bonds is 7. The number of nitrogens with two attached hydrogens (primary N) is 1. The quantitative estimate of drug-likeness (QED) is 0.225. The Morgan fingerprint density at radius 2 is 2.21 bits per heavy atom. The number of nitrogens with zero attached hydrogens (tertiary/aromatic N) is 3. The van der Waals surface area contributed by atoms with Crippen LogP contribution in [0.5, 0.6) is 5.75 Å². The molecule has 5 N–H and O–H groups in total. The minimum atomic E-state index is -1.20. The maximum absolute atomic E-state index is 13.0. The number of β-lactam (4-membered cyclic amide) rings is 1. The summed E-state index contributed by atoms with van der Waals surface area (Å²) in [5.41, 5.74) is 6.16. The highest BCUT2D eigenvalue weighted by Gasteiger charge is 2.53. The third-order valence-electron chi connectivity index (χ3n) is 4.73. The van der Waals surface area contributed by atoms with Crippen molar-refractivity contribution in [2.24, 2.45) is 5.16 Å². The van der Waals surface area contributed by atoms with Crippen molar-refractivity contribution >= 4 is 67.7 Å². The van der Waals surface area contributed by atoms with Crippen LogP contribution in [0.3, 0.4) is 0 Å². The summed E-state index contributed by atoms with van der Waals surface area (Å²) in [6.45, 7) is -0.0430. The number of carboxylic acid groups (broad SMARTS) is 1. The number of halogens is 1. The standard InChI is InChI=1S/C19H16BrN5O6S2/c20-9-2-1-8(5-12(9)26)6-31-24-13(10-7-33-19(21)22-10)15(27)23-14-16(28)25-11(18(29)30)3-4-32-17(14)25/h1-3,5,7,14,17,26H,4,6H2,(H2,21,22)(H,23,27)(H,29,30)/t14?,17-/m0/s1. The molecule has 2 aliphatic rings. The first-order chi connectivity index (χ1) is 15.8. The lowest BCUT2D eigenvalue weighted by atomic mass is 10.0. The van der Waals surface area contributed by atoms with Crippen molar-refractivity contribution in [3.8, 4) is 5.75 Å². The van der Waals surface area contributed by atoms with Crippen LogP contribution in [0.25, 0.3) is 0 Å². The SMILES string of the molecule is Nc1nc(C(=NOCc2ccc(Br)c(O)c2)C(=O)NC2C(=O)N3C(C(=O)O)=CCS[C@@H]23)cs1. The predicted octanol–water partition coefficient (Wildman–Crippen LogP) is 1.48. The summed E-state index contributed by atoms with van der Waals surface area (Å²) >= 11 is 5.63. The Bertz CT molecular complexity index is 1200. The normalized spacial score (nSPS) is 19.9. The smallest absolute Gasteiger partial charge is 0.352 e. The topological polar surface area (TPSA) is 167 Å². The Hall–Kier alpha value is -3.10. The molecule has 1 aromatic carbocycles. The van der Waals surface area contributed by atoms with E-state index in [-0.39, 0.29) is 34.6 Å². The van der Waals surface area contributed by atoms with Crippen LogP contribution in [-0.4, -0.2) is 60.8 Å². The van der Waals surface area contributed by atoms with E-state index in [1.807, 2.05) is 0 Å². The van der Waals surface area contributed by atoms with Gasteiger partial charge in [0.05, 0.1) is 4.47 Å². The van der Waals surface area contributed by atoms with Crippen molar-refractivity contribution in [2.75, 3.05) is 11.5 Å². The number of oxime groups is 1. The Labute approximate surface area is 203 Å². The number of phenols is 1. The molecule has 2 aliphatic heterocycles. The number of amides is 2. The lowest BCUT2D eigenvalue weighted by Crippen LogP contribution is -2.70. The molecule has 2 aromatic rings. The second kappa shape index (κ2) is 9.41. The maximum atomic E-state index is 13.0. The first-order valence-electron chi connectivity index (χ1n) is 9.34. The number of carboxylic acids is 1. The Kier molecular flexibility index (Phi) is 6.58. The molecule has 3 heterocycles.